The molecule has 2 N–H and O–H groups in total. The van der Waals surface area contributed by atoms with Crippen molar-refractivity contribution < 1.29 is 13.2 Å². The molecule has 30 heavy (non-hydrogen) atoms. The molecular formula is C17H17F3N10. The predicted octanol–water partition coefficient (Wildman–Crippen LogP) is 2.26. The van der Waals surface area contributed by atoms with Crippen molar-refractivity contribution in [2.24, 2.45) is 0 Å². The Kier molecular flexibility index (Phi) is 4.93. The number of aromatic nitrogens is 8. The molecule has 0 aliphatic rings. The molecular weight excluding hydrogens is 401 g/mol. The highest BCUT2D eigenvalue weighted by Gasteiger charge is 2.38. The molecule has 0 atom stereocenters. The molecule has 0 aliphatic carbocycles. The van der Waals surface area contributed by atoms with E-state index in [1.165, 1.54) is 0 Å². The maximum atomic E-state index is 13.1. The first-order chi connectivity index (χ1) is 14.4. The lowest BCUT2D eigenvalue weighted by Gasteiger charge is -2.13. The zero-order valence-corrected chi connectivity index (χ0v) is 16.0. The molecule has 156 valence electrons. The third kappa shape index (κ3) is 3.60. The van der Waals surface area contributed by atoms with E-state index in [1.54, 1.807) is 18.5 Å². The summed E-state index contributed by atoms with van der Waals surface area (Å²) >= 11 is 0. The van der Waals surface area contributed by atoms with E-state index in [9.17, 15) is 13.2 Å². The van der Waals surface area contributed by atoms with Crippen LogP contribution in [0.2, 0.25) is 0 Å². The summed E-state index contributed by atoms with van der Waals surface area (Å²) in [6.07, 6.45) is -4.65. The summed E-state index contributed by atoms with van der Waals surface area (Å²) in [5, 5.41) is 28.6. The van der Waals surface area contributed by atoms with Crippen LogP contribution in [-0.4, -0.2) is 53.1 Å². The second-order valence-corrected chi connectivity index (χ2v) is 6.46. The number of halogens is 3. The van der Waals surface area contributed by atoms with Gasteiger partial charge in [0, 0.05) is 18.7 Å². The monoisotopic (exact) mass is 418 g/mol. The lowest BCUT2D eigenvalue weighted by atomic mass is 10.2. The lowest BCUT2D eigenvalue weighted by molar-refractivity contribution is -0.146. The fourth-order valence-electron chi connectivity index (χ4n) is 2.87. The maximum Gasteiger partial charge on any atom is 0.453 e. The number of benzene rings is 1. The Balaban J connectivity index is 1.48. The Morgan fingerprint density at radius 1 is 0.933 bits per heavy atom. The first-order valence-corrected chi connectivity index (χ1v) is 8.97. The van der Waals surface area contributed by atoms with E-state index in [2.05, 4.69) is 41.5 Å². The topological polar surface area (TPSA) is 111 Å². The highest BCUT2D eigenvalue weighted by Crippen LogP contribution is 2.29. The van der Waals surface area contributed by atoms with Gasteiger partial charge in [-0.3, -0.25) is 0 Å². The number of hydrogen-bond acceptors (Lipinski definition) is 8. The van der Waals surface area contributed by atoms with Crippen molar-refractivity contribution in [3.05, 3.63) is 47.3 Å². The Morgan fingerprint density at radius 3 is 2.40 bits per heavy atom. The number of tetrazole rings is 1. The molecule has 1 aromatic carbocycles. The smallest absolute Gasteiger partial charge is 0.367 e. The van der Waals surface area contributed by atoms with Crippen molar-refractivity contribution >= 4 is 17.4 Å². The van der Waals surface area contributed by atoms with E-state index in [0.29, 0.717) is 40.5 Å². The van der Waals surface area contributed by atoms with Gasteiger partial charge in [-0.2, -0.15) is 22.4 Å². The summed E-state index contributed by atoms with van der Waals surface area (Å²) in [6.45, 7) is 4.21. The van der Waals surface area contributed by atoms with E-state index < -0.39 is 12.0 Å². The van der Waals surface area contributed by atoms with Gasteiger partial charge >= 0.3 is 6.18 Å². The quantitative estimate of drug-likeness (QED) is 0.459. The minimum Gasteiger partial charge on any atom is -0.367 e. The predicted molar refractivity (Wildman–Crippen MR) is 101 cm³/mol. The third-order valence-electron chi connectivity index (χ3n) is 4.52. The fourth-order valence-corrected chi connectivity index (χ4v) is 2.87. The molecule has 0 saturated heterocycles. The molecule has 0 spiro atoms. The average molecular weight is 418 g/mol. The normalized spacial score (nSPS) is 11.8. The summed E-state index contributed by atoms with van der Waals surface area (Å²) in [7, 11) is 0. The second-order valence-electron chi connectivity index (χ2n) is 6.46. The zero-order valence-electron chi connectivity index (χ0n) is 16.0. The van der Waals surface area contributed by atoms with Crippen molar-refractivity contribution in [1.29, 1.82) is 0 Å². The molecule has 4 rings (SSSR count). The maximum absolute atomic E-state index is 13.1. The molecule has 0 fully saturated rings. The van der Waals surface area contributed by atoms with Gasteiger partial charge in [0.25, 0.3) is 5.82 Å². The van der Waals surface area contributed by atoms with Crippen LogP contribution >= 0.6 is 0 Å². The van der Waals surface area contributed by atoms with Gasteiger partial charge in [-0.1, -0.05) is 23.3 Å². The number of fused-ring (bicyclic) bond motifs is 1. The van der Waals surface area contributed by atoms with E-state index in [4.69, 9.17) is 0 Å². The SMILES string of the molecule is Cc1c(NCCNc2nnnn2-c2ccccc2)nn2c(C(F)(F)F)nnc2c1C. The van der Waals surface area contributed by atoms with Crippen LogP contribution in [0, 0.1) is 13.8 Å². The number of anilines is 2. The number of nitrogens with one attached hydrogen (secondary N) is 2. The molecule has 4 aromatic rings. The molecule has 0 saturated carbocycles. The Bertz CT molecular complexity index is 1170. The molecule has 0 bridgehead atoms. The van der Waals surface area contributed by atoms with Gasteiger partial charge in [0.15, 0.2) is 5.65 Å². The number of alkyl halides is 3. The highest BCUT2D eigenvalue weighted by atomic mass is 19.4. The standard InChI is InChI=1S/C17H17F3N10/c1-10-11(2)14-23-24-15(17(18,19)20)30(14)26-13(10)21-8-9-22-16-25-27-28-29(16)12-6-4-3-5-7-12/h3-7H,8-9H2,1-2H3,(H,21,26)(H,22,25,28). The van der Waals surface area contributed by atoms with Crippen LogP contribution in [0.1, 0.15) is 17.0 Å². The summed E-state index contributed by atoms with van der Waals surface area (Å²) in [5.41, 5.74) is 2.13. The lowest BCUT2D eigenvalue weighted by Crippen LogP contribution is -2.19. The summed E-state index contributed by atoms with van der Waals surface area (Å²) in [4.78, 5) is 0. The van der Waals surface area contributed by atoms with Crippen LogP contribution in [0.4, 0.5) is 24.9 Å². The molecule has 0 aliphatic heterocycles. The van der Waals surface area contributed by atoms with Gasteiger partial charge in [-0.25, -0.2) is 0 Å². The van der Waals surface area contributed by atoms with Crippen LogP contribution in [0.5, 0.6) is 0 Å². The van der Waals surface area contributed by atoms with Crippen molar-refractivity contribution in [2.45, 2.75) is 20.0 Å². The second kappa shape index (κ2) is 7.57. The molecule has 0 unspecified atom stereocenters. The first-order valence-electron chi connectivity index (χ1n) is 8.97. The third-order valence-corrected chi connectivity index (χ3v) is 4.52. The first kappa shape index (κ1) is 19.5. The van der Waals surface area contributed by atoms with Crippen molar-refractivity contribution in [1.82, 2.24) is 40.0 Å². The van der Waals surface area contributed by atoms with E-state index >= 15 is 0 Å². The number of para-hydroxylation sites is 1. The molecule has 10 nitrogen and oxygen atoms in total. The Hall–Kier alpha value is -3.77. The molecule has 0 amide bonds. The van der Waals surface area contributed by atoms with Crippen LogP contribution in [-0.2, 0) is 6.18 Å². The van der Waals surface area contributed by atoms with Crippen molar-refractivity contribution in [3.63, 3.8) is 0 Å². The minimum atomic E-state index is -4.65. The van der Waals surface area contributed by atoms with Crippen LogP contribution in [0.3, 0.4) is 0 Å². The van der Waals surface area contributed by atoms with Crippen molar-refractivity contribution in [3.8, 4) is 5.69 Å². The average Bonchev–Trinajstić information content (AvgIpc) is 3.36. The summed E-state index contributed by atoms with van der Waals surface area (Å²) in [5.74, 6) is -0.406. The number of aryl methyl sites for hydroxylation is 1. The molecule has 3 heterocycles. The van der Waals surface area contributed by atoms with E-state index in [-0.39, 0.29) is 5.65 Å². The number of nitrogens with zero attached hydrogens (tertiary/aromatic N) is 8. The van der Waals surface area contributed by atoms with E-state index in [0.717, 1.165) is 5.69 Å². The summed E-state index contributed by atoms with van der Waals surface area (Å²) in [6, 6.07) is 9.36. The minimum absolute atomic E-state index is 0.0746. The van der Waals surface area contributed by atoms with E-state index in [1.807, 2.05) is 30.3 Å². The summed E-state index contributed by atoms with van der Waals surface area (Å²) < 4.78 is 41.7. The largest absolute Gasteiger partial charge is 0.453 e. The fraction of sp³-hybridized carbons (Fsp3) is 0.294. The van der Waals surface area contributed by atoms with Crippen LogP contribution in [0.25, 0.3) is 11.3 Å². The van der Waals surface area contributed by atoms with Gasteiger partial charge in [-0.15, -0.1) is 15.3 Å². The van der Waals surface area contributed by atoms with Gasteiger partial charge in [0.2, 0.25) is 5.95 Å². The van der Waals surface area contributed by atoms with Crippen LogP contribution in [0.15, 0.2) is 30.3 Å². The number of hydrogen-bond donors (Lipinski definition) is 2. The molecule has 3 aromatic heterocycles. The van der Waals surface area contributed by atoms with Gasteiger partial charge in [0.05, 0.1) is 5.69 Å². The molecule has 13 heteroatoms. The van der Waals surface area contributed by atoms with Crippen molar-refractivity contribution in [2.75, 3.05) is 23.7 Å². The zero-order chi connectivity index (χ0) is 21.3. The molecule has 0 radical (unpaired) electrons. The van der Waals surface area contributed by atoms with Crippen LogP contribution < -0.4 is 10.6 Å². The Labute approximate surface area is 168 Å². The van der Waals surface area contributed by atoms with Gasteiger partial charge < -0.3 is 10.6 Å². The number of rotatable bonds is 6. The van der Waals surface area contributed by atoms with Gasteiger partial charge in [-0.05, 0) is 42.0 Å². The van der Waals surface area contributed by atoms with Gasteiger partial charge in [0.1, 0.15) is 5.82 Å². The Morgan fingerprint density at radius 2 is 1.67 bits per heavy atom. The highest BCUT2D eigenvalue weighted by molar-refractivity contribution is 5.58.